The van der Waals surface area contributed by atoms with Crippen molar-refractivity contribution in [2.24, 2.45) is 0 Å². The largest absolute Gasteiger partial charge is 0.493 e. The summed E-state index contributed by atoms with van der Waals surface area (Å²) in [6, 6.07) is 12.0. The summed E-state index contributed by atoms with van der Waals surface area (Å²) in [5, 5.41) is 2.67. The van der Waals surface area contributed by atoms with E-state index in [1.165, 1.54) is 13.2 Å². The molecule has 0 saturated heterocycles. The standard InChI is InChI=1S/C20H21NO5/c1-4-26-17-11-9-14(13-18(17)24-2)10-12-19(22)21-16-8-6-5-7-15(16)20(23)25-3/h5-13H,4H2,1-3H3,(H,21,22). The molecule has 2 aromatic carbocycles. The molecule has 6 nitrogen and oxygen atoms in total. The predicted octanol–water partition coefficient (Wildman–Crippen LogP) is 3.53. The molecule has 0 aliphatic rings. The Balaban J connectivity index is 2.12. The number of carbonyl (C=O) groups excluding carboxylic acids is 2. The van der Waals surface area contributed by atoms with Crippen LogP contribution < -0.4 is 14.8 Å². The maximum atomic E-state index is 12.2. The fourth-order valence-corrected chi connectivity index (χ4v) is 2.29. The minimum atomic E-state index is -0.513. The maximum Gasteiger partial charge on any atom is 0.339 e. The van der Waals surface area contributed by atoms with E-state index in [2.05, 4.69) is 5.32 Å². The Morgan fingerprint density at radius 3 is 2.54 bits per heavy atom. The van der Waals surface area contributed by atoms with E-state index in [1.807, 2.05) is 13.0 Å². The summed E-state index contributed by atoms with van der Waals surface area (Å²) >= 11 is 0. The van der Waals surface area contributed by atoms with Gasteiger partial charge in [0.1, 0.15) is 0 Å². The van der Waals surface area contributed by atoms with Gasteiger partial charge < -0.3 is 19.5 Å². The average Bonchev–Trinajstić information content (AvgIpc) is 2.67. The molecule has 1 amide bonds. The summed E-state index contributed by atoms with van der Waals surface area (Å²) in [4.78, 5) is 23.9. The second-order valence-electron chi connectivity index (χ2n) is 5.20. The van der Waals surface area contributed by atoms with Gasteiger partial charge in [-0.25, -0.2) is 4.79 Å². The van der Waals surface area contributed by atoms with Crippen molar-refractivity contribution < 1.29 is 23.8 Å². The molecule has 0 unspecified atom stereocenters. The molecule has 0 spiro atoms. The third-order valence-corrected chi connectivity index (χ3v) is 3.50. The number of para-hydroxylation sites is 1. The van der Waals surface area contributed by atoms with Crippen LogP contribution in [-0.4, -0.2) is 32.7 Å². The Hall–Kier alpha value is -3.28. The molecule has 0 radical (unpaired) electrons. The first-order valence-electron chi connectivity index (χ1n) is 8.06. The third kappa shape index (κ3) is 4.86. The van der Waals surface area contributed by atoms with Crippen LogP contribution >= 0.6 is 0 Å². The summed E-state index contributed by atoms with van der Waals surface area (Å²) < 4.78 is 15.5. The highest BCUT2D eigenvalue weighted by molar-refractivity contribution is 6.06. The van der Waals surface area contributed by atoms with E-state index in [0.29, 0.717) is 29.4 Å². The SMILES string of the molecule is CCOc1ccc(C=CC(=O)Nc2ccccc2C(=O)OC)cc1OC. The van der Waals surface area contributed by atoms with Gasteiger partial charge in [-0.05, 0) is 42.8 Å². The first-order valence-corrected chi connectivity index (χ1v) is 8.06. The van der Waals surface area contributed by atoms with E-state index in [9.17, 15) is 9.59 Å². The Morgan fingerprint density at radius 2 is 1.85 bits per heavy atom. The van der Waals surface area contributed by atoms with E-state index in [1.54, 1.807) is 49.6 Å². The molecule has 6 heteroatoms. The third-order valence-electron chi connectivity index (χ3n) is 3.50. The van der Waals surface area contributed by atoms with Gasteiger partial charge >= 0.3 is 5.97 Å². The Labute approximate surface area is 152 Å². The van der Waals surface area contributed by atoms with E-state index in [4.69, 9.17) is 14.2 Å². The highest BCUT2D eigenvalue weighted by atomic mass is 16.5. The lowest BCUT2D eigenvalue weighted by atomic mass is 10.1. The minimum Gasteiger partial charge on any atom is -0.493 e. The zero-order chi connectivity index (χ0) is 18.9. The van der Waals surface area contributed by atoms with Crippen LogP contribution in [0.1, 0.15) is 22.8 Å². The maximum absolute atomic E-state index is 12.2. The van der Waals surface area contributed by atoms with Crippen LogP contribution in [-0.2, 0) is 9.53 Å². The van der Waals surface area contributed by atoms with Gasteiger partial charge in [-0.15, -0.1) is 0 Å². The van der Waals surface area contributed by atoms with Crippen LogP contribution in [0.4, 0.5) is 5.69 Å². The molecule has 0 saturated carbocycles. The smallest absolute Gasteiger partial charge is 0.339 e. The van der Waals surface area contributed by atoms with E-state index < -0.39 is 5.97 Å². The number of ether oxygens (including phenoxy) is 3. The number of nitrogens with one attached hydrogen (secondary N) is 1. The fourth-order valence-electron chi connectivity index (χ4n) is 2.29. The first-order chi connectivity index (χ1) is 12.6. The lowest BCUT2D eigenvalue weighted by Gasteiger charge is -2.09. The second-order valence-corrected chi connectivity index (χ2v) is 5.20. The molecule has 0 atom stereocenters. The number of benzene rings is 2. The molecule has 2 rings (SSSR count). The van der Waals surface area contributed by atoms with Crippen molar-refractivity contribution in [3.05, 3.63) is 59.7 Å². The number of methoxy groups -OCH3 is 2. The molecule has 26 heavy (non-hydrogen) atoms. The summed E-state index contributed by atoms with van der Waals surface area (Å²) in [6.45, 7) is 2.43. The molecule has 0 bridgehead atoms. The number of amides is 1. The van der Waals surface area contributed by atoms with Crippen LogP contribution in [0.3, 0.4) is 0 Å². The van der Waals surface area contributed by atoms with Gasteiger partial charge in [0, 0.05) is 6.08 Å². The number of rotatable bonds is 7. The van der Waals surface area contributed by atoms with Crippen molar-refractivity contribution in [3.63, 3.8) is 0 Å². The highest BCUT2D eigenvalue weighted by Gasteiger charge is 2.12. The number of esters is 1. The highest BCUT2D eigenvalue weighted by Crippen LogP contribution is 2.28. The number of carbonyl (C=O) groups is 2. The summed E-state index contributed by atoms with van der Waals surface area (Å²) in [6.07, 6.45) is 3.03. The lowest BCUT2D eigenvalue weighted by molar-refractivity contribution is -0.111. The van der Waals surface area contributed by atoms with Crippen molar-refractivity contribution in [3.8, 4) is 11.5 Å². The van der Waals surface area contributed by atoms with E-state index >= 15 is 0 Å². The van der Waals surface area contributed by atoms with Crippen LogP contribution in [0.5, 0.6) is 11.5 Å². The molecule has 0 aliphatic heterocycles. The van der Waals surface area contributed by atoms with E-state index in [-0.39, 0.29) is 5.91 Å². The topological polar surface area (TPSA) is 73.9 Å². The van der Waals surface area contributed by atoms with Crippen molar-refractivity contribution in [2.75, 3.05) is 26.1 Å². The van der Waals surface area contributed by atoms with Gasteiger partial charge in [0.15, 0.2) is 11.5 Å². The molecule has 2 aromatic rings. The van der Waals surface area contributed by atoms with Crippen molar-refractivity contribution in [1.29, 1.82) is 0 Å². The number of anilines is 1. The molecule has 0 aliphatic carbocycles. The van der Waals surface area contributed by atoms with E-state index in [0.717, 1.165) is 5.56 Å². The van der Waals surface area contributed by atoms with Crippen molar-refractivity contribution in [1.82, 2.24) is 0 Å². The Morgan fingerprint density at radius 1 is 1.08 bits per heavy atom. The molecule has 0 aromatic heterocycles. The monoisotopic (exact) mass is 355 g/mol. The summed E-state index contributed by atoms with van der Waals surface area (Å²) in [5.41, 5.74) is 1.46. The molecule has 136 valence electrons. The second kappa shape index (κ2) is 9.27. The van der Waals surface area contributed by atoms with Gasteiger partial charge in [0.25, 0.3) is 0 Å². The Bertz CT molecular complexity index is 814. The Kier molecular flexibility index (Phi) is 6.79. The van der Waals surface area contributed by atoms with Crippen LogP contribution in [0.25, 0.3) is 6.08 Å². The van der Waals surface area contributed by atoms with Gasteiger partial charge in [0.05, 0.1) is 32.1 Å². The minimum absolute atomic E-state index is 0.291. The number of hydrogen-bond acceptors (Lipinski definition) is 5. The number of hydrogen-bond donors (Lipinski definition) is 1. The molecule has 0 heterocycles. The van der Waals surface area contributed by atoms with Crippen LogP contribution in [0, 0.1) is 0 Å². The molecule has 1 N–H and O–H groups in total. The zero-order valence-corrected chi connectivity index (χ0v) is 14.9. The van der Waals surface area contributed by atoms with Crippen LogP contribution in [0.15, 0.2) is 48.5 Å². The zero-order valence-electron chi connectivity index (χ0n) is 14.9. The average molecular weight is 355 g/mol. The molecule has 0 fully saturated rings. The van der Waals surface area contributed by atoms with Crippen molar-refractivity contribution in [2.45, 2.75) is 6.92 Å². The van der Waals surface area contributed by atoms with Gasteiger partial charge in [-0.3, -0.25) is 4.79 Å². The molecular weight excluding hydrogens is 334 g/mol. The summed E-state index contributed by atoms with van der Waals surface area (Å²) in [7, 11) is 2.85. The van der Waals surface area contributed by atoms with Gasteiger partial charge in [-0.1, -0.05) is 18.2 Å². The normalized spacial score (nSPS) is 10.4. The van der Waals surface area contributed by atoms with Crippen molar-refractivity contribution >= 4 is 23.6 Å². The van der Waals surface area contributed by atoms with Gasteiger partial charge in [-0.2, -0.15) is 0 Å². The molecular formula is C20H21NO5. The first kappa shape index (κ1) is 19.1. The summed E-state index contributed by atoms with van der Waals surface area (Å²) in [5.74, 6) is 0.351. The fraction of sp³-hybridized carbons (Fsp3) is 0.200. The predicted molar refractivity (Wildman–Crippen MR) is 99.6 cm³/mol. The van der Waals surface area contributed by atoms with Gasteiger partial charge in [0.2, 0.25) is 5.91 Å². The lowest BCUT2D eigenvalue weighted by Crippen LogP contribution is -2.12. The quantitative estimate of drug-likeness (QED) is 0.607. The van der Waals surface area contributed by atoms with Crippen LogP contribution in [0.2, 0.25) is 0 Å².